The molecule has 0 bridgehead atoms. The van der Waals surface area contributed by atoms with Crippen LogP contribution in [0.2, 0.25) is 0 Å². The van der Waals surface area contributed by atoms with Crippen LogP contribution >= 0.6 is 15.9 Å². The highest BCUT2D eigenvalue weighted by molar-refractivity contribution is 9.10. The van der Waals surface area contributed by atoms with Gasteiger partial charge in [0, 0.05) is 21.4 Å². The predicted molar refractivity (Wildman–Crippen MR) is 90.8 cm³/mol. The van der Waals surface area contributed by atoms with Gasteiger partial charge < -0.3 is 16.4 Å². The second kappa shape index (κ2) is 7.09. The van der Waals surface area contributed by atoms with Gasteiger partial charge in [0.05, 0.1) is 0 Å². The van der Waals surface area contributed by atoms with E-state index in [0.29, 0.717) is 16.9 Å². The normalized spacial score (nSPS) is 11.5. The fourth-order valence-corrected chi connectivity index (χ4v) is 2.29. The highest BCUT2D eigenvalue weighted by atomic mass is 79.9. The van der Waals surface area contributed by atoms with Gasteiger partial charge in [0.2, 0.25) is 11.8 Å². The van der Waals surface area contributed by atoms with Crippen molar-refractivity contribution in [1.29, 1.82) is 0 Å². The first-order valence-corrected chi connectivity index (χ1v) is 7.48. The van der Waals surface area contributed by atoms with Crippen molar-refractivity contribution in [1.82, 2.24) is 0 Å². The van der Waals surface area contributed by atoms with E-state index in [4.69, 9.17) is 5.73 Å². The summed E-state index contributed by atoms with van der Waals surface area (Å²) in [6.07, 6.45) is 0. The van der Waals surface area contributed by atoms with E-state index >= 15 is 0 Å². The van der Waals surface area contributed by atoms with Gasteiger partial charge in [-0.2, -0.15) is 0 Å². The number of carbonyl (C=O) groups is 2. The lowest BCUT2D eigenvalue weighted by Gasteiger charge is -2.16. The Morgan fingerprint density at radius 3 is 2.45 bits per heavy atom. The first-order chi connectivity index (χ1) is 10.5. The molecule has 114 valence electrons. The number of hydrogen-bond acceptors (Lipinski definition) is 3. The van der Waals surface area contributed by atoms with E-state index in [1.165, 1.54) is 0 Å². The van der Waals surface area contributed by atoms with Gasteiger partial charge in [-0.1, -0.05) is 28.1 Å². The van der Waals surface area contributed by atoms with Crippen LogP contribution < -0.4 is 16.4 Å². The largest absolute Gasteiger partial charge is 0.374 e. The van der Waals surface area contributed by atoms with Gasteiger partial charge in [0.25, 0.3) is 0 Å². The molecule has 0 aromatic heterocycles. The van der Waals surface area contributed by atoms with Crippen molar-refractivity contribution < 1.29 is 9.59 Å². The van der Waals surface area contributed by atoms with E-state index in [0.717, 1.165) is 4.47 Å². The number of hydrogen-bond donors (Lipinski definition) is 3. The lowest BCUT2D eigenvalue weighted by molar-refractivity contribution is -0.116. The molecule has 0 saturated carbocycles. The van der Waals surface area contributed by atoms with Crippen LogP contribution in [0.3, 0.4) is 0 Å². The van der Waals surface area contributed by atoms with Crippen molar-refractivity contribution >= 4 is 39.1 Å². The molecule has 0 aliphatic rings. The number of rotatable bonds is 5. The molecule has 22 heavy (non-hydrogen) atoms. The van der Waals surface area contributed by atoms with Crippen molar-refractivity contribution in [3.63, 3.8) is 0 Å². The van der Waals surface area contributed by atoms with Crippen molar-refractivity contribution in [3.05, 3.63) is 58.6 Å². The summed E-state index contributed by atoms with van der Waals surface area (Å²) in [4.78, 5) is 23.3. The standard InChI is InChI=1S/C16H16BrN3O2/c1-10(16(22)20-14-7-3-5-12(17)9-14)19-13-6-2-4-11(8-13)15(18)21/h2-10,19H,1H3,(H2,18,21)(H,20,22). The van der Waals surface area contributed by atoms with Crippen LogP contribution in [0.15, 0.2) is 53.0 Å². The van der Waals surface area contributed by atoms with E-state index in [2.05, 4.69) is 26.6 Å². The molecule has 2 amide bonds. The number of nitrogens with two attached hydrogens (primary N) is 1. The Bertz CT molecular complexity index is 703. The number of benzene rings is 2. The van der Waals surface area contributed by atoms with Crippen molar-refractivity contribution in [2.45, 2.75) is 13.0 Å². The van der Waals surface area contributed by atoms with Gasteiger partial charge >= 0.3 is 0 Å². The van der Waals surface area contributed by atoms with Crippen LogP contribution in [0.5, 0.6) is 0 Å². The number of amides is 2. The van der Waals surface area contributed by atoms with E-state index in [1.807, 2.05) is 24.3 Å². The van der Waals surface area contributed by atoms with Crippen LogP contribution in [-0.4, -0.2) is 17.9 Å². The number of carbonyl (C=O) groups excluding carboxylic acids is 2. The molecule has 0 aliphatic heterocycles. The van der Waals surface area contributed by atoms with Crippen molar-refractivity contribution in [3.8, 4) is 0 Å². The molecule has 1 atom stereocenters. The molecule has 5 nitrogen and oxygen atoms in total. The summed E-state index contributed by atoms with van der Waals surface area (Å²) in [5, 5.41) is 5.86. The first-order valence-electron chi connectivity index (χ1n) is 6.68. The monoisotopic (exact) mass is 361 g/mol. The fraction of sp³-hybridized carbons (Fsp3) is 0.125. The summed E-state index contributed by atoms with van der Waals surface area (Å²) in [7, 11) is 0. The smallest absolute Gasteiger partial charge is 0.248 e. The van der Waals surface area contributed by atoms with Crippen LogP contribution in [0.25, 0.3) is 0 Å². The lowest BCUT2D eigenvalue weighted by Crippen LogP contribution is -2.31. The quantitative estimate of drug-likeness (QED) is 0.765. The van der Waals surface area contributed by atoms with Crippen LogP contribution in [-0.2, 0) is 4.79 Å². The molecule has 0 radical (unpaired) electrons. The number of anilines is 2. The van der Waals surface area contributed by atoms with Crippen molar-refractivity contribution in [2.24, 2.45) is 5.73 Å². The Balaban J connectivity index is 2.02. The fourth-order valence-electron chi connectivity index (χ4n) is 1.89. The Morgan fingerprint density at radius 1 is 1.09 bits per heavy atom. The van der Waals surface area contributed by atoms with Crippen LogP contribution in [0, 0.1) is 0 Å². The topological polar surface area (TPSA) is 84.2 Å². The van der Waals surface area contributed by atoms with E-state index in [9.17, 15) is 9.59 Å². The second-order valence-corrected chi connectivity index (χ2v) is 5.73. The first kappa shape index (κ1) is 16.0. The predicted octanol–water partition coefficient (Wildman–Crippen LogP) is 2.99. The molecule has 0 spiro atoms. The van der Waals surface area contributed by atoms with Gasteiger partial charge in [-0.3, -0.25) is 9.59 Å². The highest BCUT2D eigenvalue weighted by Gasteiger charge is 2.13. The van der Waals surface area contributed by atoms with Gasteiger partial charge in [-0.25, -0.2) is 0 Å². The average Bonchev–Trinajstić information content (AvgIpc) is 2.47. The third-order valence-corrected chi connectivity index (χ3v) is 3.51. The number of nitrogens with one attached hydrogen (secondary N) is 2. The molecular weight excluding hydrogens is 346 g/mol. The Labute approximate surface area is 137 Å². The maximum atomic E-state index is 12.2. The molecule has 0 aliphatic carbocycles. The summed E-state index contributed by atoms with van der Waals surface area (Å²) in [6, 6.07) is 13.6. The zero-order valence-electron chi connectivity index (χ0n) is 12.0. The van der Waals surface area contributed by atoms with Crippen LogP contribution in [0.4, 0.5) is 11.4 Å². The van der Waals surface area contributed by atoms with E-state index in [-0.39, 0.29) is 5.91 Å². The molecule has 0 fully saturated rings. The van der Waals surface area contributed by atoms with Gasteiger partial charge in [0.1, 0.15) is 6.04 Å². The highest BCUT2D eigenvalue weighted by Crippen LogP contribution is 2.16. The Hall–Kier alpha value is -2.34. The van der Waals surface area contributed by atoms with Crippen LogP contribution in [0.1, 0.15) is 17.3 Å². The minimum absolute atomic E-state index is 0.178. The average molecular weight is 362 g/mol. The third-order valence-electron chi connectivity index (χ3n) is 3.02. The van der Waals surface area contributed by atoms with Gasteiger partial charge in [0.15, 0.2) is 0 Å². The van der Waals surface area contributed by atoms with Gasteiger partial charge in [-0.15, -0.1) is 0 Å². The third kappa shape index (κ3) is 4.33. The minimum Gasteiger partial charge on any atom is -0.374 e. The SMILES string of the molecule is CC(Nc1cccc(C(N)=O)c1)C(=O)Nc1cccc(Br)c1. The lowest BCUT2D eigenvalue weighted by atomic mass is 10.1. The van der Waals surface area contributed by atoms with E-state index in [1.54, 1.807) is 31.2 Å². The maximum absolute atomic E-state index is 12.2. The molecule has 1 unspecified atom stereocenters. The molecule has 0 saturated heterocycles. The minimum atomic E-state index is -0.505. The van der Waals surface area contributed by atoms with E-state index < -0.39 is 11.9 Å². The molecule has 4 N–H and O–H groups in total. The summed E-state index contributed by atoms with van der Waals surface area (Å²) >= 11 is 3.35. The summed E-state index contributed by atoms with van der Waals surface area (Å²) in [5.41, 5.74) is 7.00. The zero-order chi connectivity index (χ0) is 16.1. The van der Waals surface area contributed by atoms with Gasteiger partial charge in [-0.05, 0) is 43.3 Å². The molecule has 2 aromatic carbocycles. The molecule has 2 rings (SSSR count). The van der Waals surface area contributed by atoms with Crippen molar-refractivity contribution in [2.75, 3.05) is 10.6 Å². The summed E-state index contributed by atoms with van der Waals surface area (Å²) in [6.45, 7) is 1.74. The summed E-state index contributed by atoms with van der Waals surface area (Å²) in [5.74, 6) is -0.683. The number of primary amides is 1. The molecule has 2 aromatic rings. The molecule has 6 heteroatoms. The molecular formula is C16H16BrN3O2. The second-order valence-electron chi connectivity index (χ2n) is 4.81. The Morgan fingerprint density at radius 2 is 1.77 bits per heavy atom. The maximum Gasteiger partial charge on any atom is 0.248 e. The Kier molecular flexibility index (Phi) is 5.16. The zero-order valence-corrected chi connectivity index (χ0v) is 13.6. The number of halogens is 1. The summed E-state index contributed by atoms with van der Waals surface area (Å²) < 4.78 is 0.889. The molecule has 0 heterocycles.